The maximum absolute atomic E-state index is 13.3. The number of esters is 2. The zero-order valence-corrected chi connectivity index (χ0v) is 15.3. The van der Waals surface area contributed by atoms with E-state index in [4.69, 9.17) is 14.2 Å². The molecule has 27 heavy (non-hydrogen) atoms. The lowest BCUT2D eigenvalue weighted by molar-refractivity contribution is -0.313. The van der Waals surface area contributed by atoms with E-state index in [1.165, 1.54) is 0 Å². The number of benzene rings is 1. The summed E-state index contributed by atoms with van der Waals surface area (Å²) in [5.74, 6) is -1.93. The summed E-state index contributed by atoms with van der Waals surface area (Å²) in [4.78, 5) is 26.5. The van der Waals surface area contributed by atoms with Crippen LogP contribution in [0, 0.1) is 17.3 Å². The fourth-order valence-electron chi connectivity index (χ4n) is 5.30. The summed E-state index contributed by atoms with van der Waals surface area (Å²) in [5, 5.41) is 0. The second-order valence-electron chi connectivity index (χ2n) is 8.22. The standard InChI is InChI=1S/C22H24O5/c23-19(25-14-15-7-3-1-4-8-15)22-17-10-9-16(13-17)18(22)26-21(27-20(22)24)11-5-2-6-12-21/h1,3-4,7-10,16-18H,2,5-6,11-14H2/t16-,17+,18+,22-/m1/s1. The van der Waals surface area contributed by atoms with Crippen LogP contribution in [0.25, 0.3) is 0 Å². The quantitative estimate of drug-likeness (QED) is 0.464. The van der Waals surface area contributed by atoms with E-state index in [0.717, 1.165) is 31.2 Å². The molecular weight excluding hydrogens is 344 g/mol. The number of hydrogen-bond acceptors (Lipinski definition) is 5. The predicted molar refractivity (Wildman–Crippen MR) is 96.2 cm³/mol. The van der Waals surface area contributed by atoms with E-state index in [2.05, 4.69) is 6.08 Å². The molecule has 2 saturated carbocycles. The minimum atomic E-state index is -1.35. The van der Waals surface area contributed by atoms with Gasteiger partial charge in [0.05, 0.1) is 6.10 Å². The van der Waals surface area contributed by atoms with E-state index in [9.17, 15) is 9.59 Å². The van der Waals surface area contributed by atoms with Gasteiger partial charge in [-0.25, -0.2) is 0 Å². The molecule has 1 aromatic carbocycles. The van der Waals surface area contributed by atoms with E-state index in [1.807, 2.05) is 36.4 Å². The van der Waals surface area contributed by atoms with Crippen molar-refractivity contribution in [2.45, 2.75) is 57.0 Å². The van der Waals surface area contributed by atoms with Crippen LogP contribution in [0.5, 0.6) is 0 Å². The lowest BCUT2D eigenvalue weighted by Crippen LogP contribution is -2.63. The van der Waals surface area contributed by atoms with Crippen LogP contribution in [-0.2, 0) is 30.4 Å². The van der Waals surface area contributed by atoms with Crippen molar-refractivity contribution in [3.63, 3.8) is 0 Å². The molecule has 3 fully saturated rings. The first kappa shape index (κ1) is 17.0. The predicted octanol–water partition coefficient (Wildman–Crippen LogP) is 3.52. The van der Waals surface area contributed by atoms with Crippen LogP contribution >= 0.6 is 0 Å². The SMILES string of the molecule is O=C(OCc1ccccc1)[C@]12C(=O)OC3(CCCCC3)O[C@H]1[C@@H]1C=C[C@H]2C1. The summed E-state index contributed by atoms with van der Waals surface area (Å²) in [5.41, 5.74) is -0.456. The van der Waals surface area contributed by atoms with Crippen LogP contribution in [0.4, 0.5) is 0 Å². The fraction of sp³-hybridized carbons (Fsp3) is 0.545. The van der Waals surface area contributed by atoms with Crippen LogP contribution < -0.4 is 0 Å². The smallest absolute Gasteiger partial charge is 0.329 e. The summed E-state index contributed by atoms with van der Waals surface area (Å²) in [6.45, 7) is 0.146. The molecule has 0 N–H and O–H groups in total. The molecule has 5 heteroatoms. The zero-order chi connectivity index (χ0) is 18.5. The van der Waals surface area contributed by atoms with Crippen LogP contribution in [-0.4, -0.2) is 23.8 Å². The first-order valence-corrected chi connectivity index (χ1v) is 9.95. The molecule has 5 nitrogen and oxygen atoms in total. The number of hydrogen-bond donors (Lipinski definition) is 0. The number of ether oxygens (including phenoxy) is 3. The van der Waals surface area contributed by atoms with Gasteiger partial charge < -0.3 is 14.2 Å². The summed E-state index contributed by atoms with van der Waals surface area (Å²) in [6.07, 6.45) is 8.85. The first-order valence-electron chi connectivity index (χ1n) is 9.95. The van der Waals surface area contributed by atoms with Gasteiger partial charge in [0, 0.05) is 24.7 Å². The minimum Gasteiger partial charge on any atom is -0.460 e. The summed E-state index contributed by atoms with van der Waals surface area (Å²) in [6, 6.07) is 9.51. The second-order valence-corrected chi connectivity index (χ2v) is 8.22. The van der Waals surface area contributed by atoms with Gasteiger partial charge >= 0.3 is 11.9 Å². The molecule has 0 unspecified atom stereocenters. The second kappa shape index (κ2) is 6.20. The highest BCUT2D eigenvalue weighted by Gasteiger charge is 2.72. The van der Waals surface area contributed by atoms with Gasteiger partial charge in [-0.05, 0) is 24.8 Å². The average molecular weight is 368 g/mol. The van der Waals surface area contributed by atoms with Gasteiger partial charge in [0.15, 0.2) is 5.41 Å². The van der Waals surface area contributed by atoms with Gasteiger partial charge in [-0.2, -0.15) is 0 Å². The Morgan fingerprint density at radius 2 is 1.89 bits per heavy atom. The molecule has 5 rings (SSSR count). The minimum absolute atomic E-state index is 0.0749. The highest BCUT2D eigenvalue weighted by atomic mass is 16.7. The Bertz CT molecular complexity index is 779. The summed E-state index contributed by atoms with van der Waals surface area (Å²) in [7, 11) is 0. The maximum Gasteiger partial charge on any atom is 0.329 e. The Hall–Kier alpha value is -2.14. The zero-order valence-electron chi connectivity index (χ0n) is 15.3. The van der Waals surface area contributed by atoms with Crippen LogP contribution in [0.15, 0.2) is 42.5 Å². The number of allylic oxidation sites excluding steroid dienone is 1. The van der Waals surface area contributed by atoms with Crippen molar-refractivity contribution in [1.29, 1.82) is 0 Å². The average Bonchev–Trinajstić information content (AvgIpc) is 3.28. The van der Waals surface area contributed by atoms with Gasteiger partial charge in [-0.1, -0.05) is 48.9 Å². The fourth-order valence-corrected chi connectivity index (χ4v) is 5.30. The summed E-state index contributed by atoms with van der Waals surface area (Å²) >= 11 is 0. The molecule has 0 aromatic heterocycles. The third kappa shape index (κ3) is 2.48. The van der Waals surface area contributed by atoms with E-state index in [-0.39, 0.29) is 18.4 Å². The molecule has 3 aliphatic carbocycles. The molecule has 4 aliphatic rings. The molecule has 4 atom stereocenters. The van der Waals surface area contributed by atoms with Crippen molar-refractivity contribution >= 4 is 11.9 Å². The summed E-state index contributed by atoms with van der Waals surface area (Å²) < 4.78 is 17.9. The van der Waals surface area contributed by atoms with Gasteiger partial charge in [0.1, 0.15) is 6.61 Å². The van der Waals surface area contributed by atoms with Gasteiger partial charge in [-0.15, -0.1) is 0 Å². The lowest BCUT2D eigenvalue weighted by Gasteiger charge is -2.50. The van der Waals surface area contributed by atoms with E-state index >= 15 is 0 Å². The van der Waals surface area contributed by atoms with Crippen LogP contribution in [0.2, 0.25) is 0 Å². The number of carbonyl (C=O) groups excluding carboxylic acids is 2. The Labute approximate surface area is 158 Å². The number of fused-ring (bicyclic) bond motifs is 5. The van der Waals surface area contributed by atoms with Gasteiger partial charge in [-0.3, -0.25) is 9.59 Å². The van der Waals surface area contributed by atoms with E-state index in [0.29, 0.717) is 12.8 Å². The lowest BCUT2D eigenvalue weighted by atomic mass is 9.72. The van der Waals surface area contributed by atoms with Crippen molar-refractivity contribution in [3.8, 4) is 0 Å². The normalized spacial score (nSPS) is 35.7. The molecule has 1 aromatic rings. The first-order chi connectivity index (χ1) is 13.1. The third-order valence-corrected chi connectivity index (χ3v) is 6.66. The highest BCUT2D eigenvalue weighted by Crippen LogP contribution is 2.59. The van der Waals surface area contributed by atoms with Crippen molar-refractivity contribution in [3.05, 3.63) is 48.0 Å². The highest BCUT2D eigenvalue weighted by molar-refractivity contribution is 6.03. The molecular formula is C22H24O5. The Morgan fingerprint density at radius 3 is 2.67 bits per heavy atom. The molecule has 0 radical (unpaired) electrons. The van der Waals surface area contributed by atoms with Gasteiger partial charge in [0.25, 0.3) is 0 Å². The van der Waals surface area contributed by atoms with E-state index < -0.39 is 29.2 Å². The third-order valence-electron chi connectivity index (χ3n) is 6.66. The van der Waals surface area contributed by atoms with E-state index in [1.54, 1.807) is 0 Å². The number of rotatable bonds is 3. The maximum atomic E-state index is 13.3. The topological polar surface area (TPSA) is 61.8 Å². The monoisotopic (exact) mass is 368 g/mol. The molecule has 1 saturated heterocycles. The molecule has 1 heterocycles. The van der Waals surface area contributed by atoms with Crippen LogP contribution in [0.3, 0.4) is 0 Å². The molecule has 0 amide bonds. The van der Waals surface area contributed by atoms with Crippen molar-refractivity contribution in [2.75, 3.05) is 0 Å². The Kier molecular flexibility index (Phi) is 3.90. The van der Waals surface area contributed by atoms with Crippen molar-refractivity contribution in [1.82, 2.24) is 0 Å². The number of carbonyl (C=O) groups is 2. The van der Waals surface area contributed by atoms with Crippen LogP contribution in [0.1, 0.15) is 44.1 Å². The molecule has 1 aliphatic heterocycles. The Balaban J connectivity index is 1.43. The largest absolute Gasteiger partial charge is 0.460 e. The van der Waals surface area contributed by atoms with Crippen molar-refractivity contribution in [2.24, 2.45) is 17.3 Å². The molecule has 1 spiro atoms. The Morgan fingerprint density at radius 1 is 1.11 bits per heavy atom. The van der Waals surface area contributed by atoms with Gasteiger partial charge in [0.2, 0.25) is 5.79 Å². The van der Waals surface area contributed by atoms with Crippen molar-refractivity contribution < 1.29 is 23.8 Å². The molecule has 2 bridgehead atoms. The molecule has 142 valence electrons.